The van der Waals surface area contributed by atoms with E-state index in [1.165, 1.54) is 22.8 Å². The van der Waals surface area contributed by atoms with E-state index < -0.39 is 41.8 Å². The van der Waals surface area contributed by atoms with Gasteiger partial charge < -0.3 is 15.4 Å². The highest BCUT2D eigenvalue weighted by atomic mass is 19.4. The summed E-state index contributed by atoms with van der Waals surface area (Å²) in [5, 5.41) is 0. The topological polar surface area (TPSA) is 85.7 Å². The molecule has 13 heteroatoms. The Morgan fingerprint density at radius 1 is 0.822 bits per heavy atom. The smallest absolute Gasteiger partial charge is 0.406 e. The fourth-order valence-corrected chi connectivity index (χ4v) is 5.53. The standard InChI is InChI=1S/C32H32F5N5O3/c1-21-29(40-16-14-39(15-17-40)18-22-10-12-24(13-11-22)45-32(35,36)37)30(43)42(20-28(38)23-6-3-2-4-7-23)31(44)41(21)19-25-26(33)8-5-9-27(25)34/h2-13,28H,14-20,38H2,1H3/t28-/m1/s1. The first-order valence-electron chi connectivity index (χ1n) is 14.3. The quantitative estimate of drug-likeness (QED) is 0.273. The number of rotatable bonds is 9. The molecule has 1 aromatic heterocycles. The molecule has 4 aromatic rings. The number of benzene rings is 3. The molecule has 0 bridgehead atoms. The summed E-state index contributed by atoms with van der Waals surface area (Å²) in [6.07, 6.45) is -4.77. The number of ether oxygens (including phenoxy) is 1. The lowest BCUT2D eigenvalue weighted by Gasteiger charge is -2.37. The number of halogens is 5. The van der Waals surface area contributed by atoms with Crippen LogP contribution in [-0.4, -0.2) is 46.6 Å². The minimum Gasteiger partial charge on any atom is -0.406 e. The van der Waals surface area contributed by atoms with Crippen LogP contribution in [0.3, 0.4) is 0 Å². The van der Waals surface area contributed by atoms with Gasteiger partial charge in [0.25, 0.3) is 5.56 Å². The van der Waals surface area contributed by atoms with Crippen LogP contribution in [0.15, 0.2) is 82.4 Å². The molecule has 1 saturated heterocycles. The van der Waals surface area contributed by atoms with E-state index in [4.69, 9.17) is 5.73 Å². The minimum atomic E-state index is -4.77. The Bertz CT molecular complexity index is 1730. The highest BCUT2D eigenvalue weighted by molar-refractivity contribution is 5.50. The Balaban J connectivity index is 1.42. The summed E-state index contributed by atoms with van der Waals surface area (Å²) in [5.41, 5.74) is 6.82. The van der Waals surface area contributed by atoms with Gasteiger partial charge in [-0.25, -0.2) is 13.6 Å². The monoisotopic (exact) mass is 629 g/mol. The number of nitrogens with zero attached hydrogens (tertiary/aromatic N) is 4. The molecule has 8 nitrogen and oxygen atoms in total. The van der Waals surface area contributed by atoms with Gasteiger partial charge in [0.05, 0.1) is 13.1 Å². The molecule has 1 aliphatic rings. The van der Waals surface area contributed by atoms with Crippen molar-refractivity contribution in [2.75, 3.05) is 31.1 Å². The number of anilines is 1. The molecular weight excluding hydrogens is 597 g/mol. The summed E-state index contributed by atoms with van der Waals surface area (Å²) in [7, 11) is 0. The van der Waals surface area contributed by atoms with Crippen LogP contribution in [0.2, 0.25) is 0 Å². The third-order valence-electron chi connectivity index (χ3n) is 7.89. The largest absolute Gasteiger partial charge is 0.573 e. The Labute approximate surface area is 255 Å². The molecule has 5 rings (SSSR count). The van der Waals surface area contributed by atoms with Crippen molar-refractivity contribution in [3.63, 3.8) is 0 Å². The van der Waals surface area contributed by atoms with Gasteiger partial charge in [0.1, 0.15) is 23.1 Å². The summed E-state index contributed by atoms with van der Waals surface area (Å²) in [4.78, 5) is 31.6. The summed E-state index contributed by atoms with van der Waals surface area (Å²) >= 11 is 0. The van der Waals surface area contributed by atoms with Crippen molar-refractivity contribution in [3.8, 4) is 5.75 Å². The molecule has 238 valence electrons. The lowest BCUT2D eigenvalue weighted by molar-refractivity contribution is -0.274. The van der Waals surface area contributed by atoms with Crippen LogP contribution in [-0.2, 0) is 19.6 Å². The third kappa shape index (κ3) is 7.43. The molecule has 2 heterocycles. The van der Waals surface area contributed by atoms with Gasteiger partial charge in [0.2, 0.25) is 0 Å². The minimum absolute atomic E-state index is 0.150. The van der Waals surface area contributed by atoms with Crippen LogP contribution < -0.4 is 26.6 Å². The Morgan fingerprint density at radius 3 is 2.04 bits per heavy atom. The van der Waals surface area contributed by atoms with Crippen LogP contribution >= 0.6 is 0 Å². The van der Waals surface area contributed by atoms with Crippen molar-refractivity contribution in [1.29, 1.82) is 0 Å². The van der Waals surface area contributed by atoms with E-state index in [1.807, 2.05) is 11.0 Å². The molecule has 0 amide bonds. The highest BCUT2D eigenvalue weighted by Gasteiger charge is 2.31. The van der Waals surface area contributed by atoms with Gasteiger partial charge in [-0.05, 0) is 42.3 Å². The number of piperazine rings is 1. The fraction of sp³-hybridized carbons (Fsp3) is 0.312. The number of hydrogen-bond acceptors (Lipinski definition) is 6. The van der Waals surface area contributed by atoms with Crippen molar-refractivity contribution in [2.24, 2.45) is 5.73 Å². The number of hydrogen-bond donors (Lipinski definition) is 1. The Morgan fingerprint density at radius 2 is 1.44 bits per heavy atom. The molecule has 0 spiro atoms. The second-order valence-electron chi connectivity index (χ2n) is 10.9. The summed E-state index contributed by atoms with van der Waals surface area (Å²) in [6.45, 7) is 3.25. The molecule has 0 unspecified atom stereocenters. The predicted octanol–water partition coefficient (Wildman–Crippen LogP) is 4.57. The van der Waals surface area contributed by atoms with Crippen LogP contribution in [0.25, 0.3) is 0 Å². The van der Waals surface area contributed by atoms with E-state index >= 15 is 0 Å². The van der Waals surface area contributed by atoms with Crippen LogP contribution in [0.4, 0.5) is 27.6 Å². The molecule has 0 aliphatic carbocycles. The zero-order chi connectivity index (χ0) is 32.3. The SMILES string of the molecule is Cc1c(N2CCN(Cc3ccc(OC(F)(F)F)cc3)CC2)c(=O)n(C[C@@H](N)c2ccccc2)c(=O)n1Cc1c(F)cccc1F. The number of alkyl halides is 3. The maximum absolute atomic E-state index is 14.7. The molecule has 1 atom stereocenters. The highest BCUT2D eigenvalue weighted by Crippen LogP contribution is 2.24. The van der Waals surface area contributed by atoms with Gasteiger partial charge in [0, 0.05) is 50.0 Å². The van der Waals surface area contributed by atoms with Crippen LogP contribution in [0, 0.1) is 18.6 Å². The lowest BCUT2D eigenvalue weighted by atomic mass is 10.1. The Hall–Kier alpha value is -4.49. The van der Waals surface area contributed by atoms with E-state index in [0.717, 1.165) is 22.3 Å². The van der Waals surface area contributed by atoms with Crippen LogP contribution in [0.5, 0.6) is 5.75 Å². The average molecular weight is 630 g/mol. The third-order valence-corrected chi connectivity index (χ3v) is 7.89. The van der Waals surface area contributed by atoms with Gasteiger partial charge in [-0.1, -0.05) is 48.5 Å². The summed E-state index contributed by atoms with van der Waals surface area (Å²) in [5.74, 6) is -1.93. The molecule has 2 N–H and O–H groups in total. The first-order chi connectivity index (χ1) is 21.4. The summed E-state index contributed by atoms with van der Waals surface area (Å²) in [6, 6.07) is 17.4. The van der Waals surface area contributed by atoms with Gasteiger partial charge in [0.15, 0.2) is 0 Å². The number of nitrogens with two attached hydrogens (primary N) is 1. The van der Waals surface area contributed by atoms with Gasteiger partial charge >= 0.3 is 12.1 Å². The maximum Gasteiger partial charge on any atom is 0.573 e. The molecule has 45 heavy (non-hydrogen) atoms. The van der Waals surface area contributed by atoms with Crippen molar-refractivity contribution >= 4 is 5.69 Å². The van der Waals surface area contributed by atoms with Gasteiger partial charge in [-0.3, -0.25) is 18.8 Å². The average Bonchev–Trinajstić information content (AvgIpc) is 3.00. The summed E-state index contributed by atoms with van der Waals surface area (Å²) < 4.78 is 73.0. The van der Waals surface area contributed by atoms with Crippen LogP contribution in [0.1, 0.15) is 28.4 Å². The van der Waals surface area contributed by atoms with Crippen molar-refractivity contribution < 1.29 is 26.7 Å². The van der Waals surface area contributed by atoms with E-state index in [-0.39, 0.29) is 29.2 Å². The Kier molecular flexibility index (Phi) is 9.40. The first kappa shape index (κ1) is 31.9. The normalized spacial score (nSPS) is 14.9. The van der Waals surface area contributed by atoms with E-state index in [0.29, 0.717) is 38.3 Å². The van der Waals surface area contributed by atoms with Crippen molar-refractivity contribution in [3.05, 3.63) is 128 Å². The molecule has 1 aliphatic heterocycles. The molecular formula is C32H32F5N5O3. The molecule has 0 radical (unpaired) electrons. The predicted molar refractivity (Wildman–Crippen MR) is 159 cm³/mol. The van der Waals surface area contributed by atoms with Gasteiger partial charge in [-0.15, -0.1) is 13.2 Å². The second kappa shape index (κ2) is 13.2. The molecule has 0 saturated carbocycles. The molecule has 3 aromatic carbocycles. The van der Waals surface area contributed by atoms with Crippen molar-refractivity contribution in [1.82, 2.24) is 14.0 Å². The van der Waals surface area contributed by atoms with E-state index in [9.17, 15) is 31.5 Å². The fourth-order valence-electron chi connectivity index (χ4n) is 5.53. The first-order valence-corrected chi connectivity index (χ1v) is 14.3. The van der Waals surface area contributed by atoms with E-state index in [1.54, 1.807) is 43.3 Å². The van der Waals surface area contributed by atoms with E-state index in [2.05, 4.69) is 9.64 Å². The second-order valence-corrected chi connectivity index (χ2v) is 10.9. The van der Waals surface area contributed by atoms with Gasteiger partial charge in [-0.2, -0.15) is 0 Å². The lowest BCUT2D eigenvalue weighted by Crippen LogP contribution is -2.51. The number of aromatic nitrogens is 2. The van der Waals surface area contributed by atoms with Crippen molar-refractivity contribution in [2.45, 2.75) is 39.0 Å². The zero-order valence-electron chi connectivity index (χ0n) is 24.4. The maximum atomic E-state index is 14.7. The molecule has 1 fully saturated rings. The zero-order valence-corrected chi connectivity index (χ0v) is 24.4.